The quantitative estimate of drug-likeness (QED) is 0.743. The van der Waals surface area contributed by atoms with Crippen molar-refractivity contribution >= 4 is 22.6 Å². The van der Waals surface area contributed by atoms with Crippen LogP contribution in [0.5, 0.6) is 0 Å². The van der Waals surface area contributed by atoms with Gasteiger partial charge >= 0.3 is 0 Å². The lowest BCUT2D eigenvalue weighted by molar-refractivity contribution is -0.0445. The van der Waals surface area contributed by atoms with Crippen LogP contribution in [0.4, 0.5) is 0 Å². The smallest absolute Gasteiger partial charge is 0.184 e. The van der Waals surface area contributed by atoms with Crippen LogP contribution >= 0.6 is 22.6 Å². The molecular weight excluding hydrogens is 291 g/mol. The normalized spacial score (nSPS) is 17.6. The van der Waals surface area contributed by atoms with Crippen molar-refractivity contribution in [2.75, 3.05) is 13.2 Å². The lowest BCUT2D eigenvalue weighted by atomic mass is 10.1. The summed E-state index contributed by atoms with van der Waals surface area (Å²) in [5.41, 5.74) is 3.69. The average molecular weight is 304 g/mol. The van der Waals surface area contributed by atoms with E-state index >= 15 is 0 Å². The highest BCUT2D eigenvalue weighted by Gasteiger charge is 2.20. The predicted molar refractivity (Wildman–Crippen MR) is 63.3 cm³/mol. The maximum atomic E-state index is 5.49. The van der Waals surface area contributed by atoms with Crippen molar-refractivity contribution in [3.63, 3.8) is 0 Å². The third-order valence-corrected chi connectivity index (χ3v) is 3.59. The highest BCUT2D eigenvalue weighted by atomic mass is 127. The second-order valence-corrected chi connectivity index (χ2v) is 4.69. The van der Waals surface area contributed by atoms with E-state index in [1.54, 1.807) is 0 Å². The van der Waals surface area contributed by atoms with Crippen molar-refractivity contribution in [1.29, 1.82) is 0 Å². The Morgan fingerprint density at radius 3 is 2.43 bits per heavy atom. The molecule has 1 heterocycles. The Hall–Kier alpha value is -0.130. The zero-order valence-corrected chi connectivity index (χ0v) is 10.5. The van der Waals surface area contributed by atoms with Crippen molar-refractivity contribution < 1.29 is 9.47 Å². The fraction of sp³-hybridized carbons (Fsp3) is 0.455. The minimum atomic E-state index is -0.148. The summed E-state index contributed by atoms with van der Waals surface area (Å²) in [5, 5.41) is 0. The van der Waals surface area contributed by atoms with Gasteiger partial charge in [0.1, 0.15) is 0 Å². The second kappa shape index (κ2) is 4.16. The summed E-state index contributed by atoms with van der Waals surface area (Å²) in [6.07, 6.45) is -0.148. The number of rotatable bonds is 1. The molecule has 14 heavy (non-hydrogen) atoms. The third-order valence-electron chi connectivity index (χ3n) is 2.42. The van der Waals surface area contributed by atoms with E-state index < -0.39 is 0 Å². The predicted octanol–water partition coefficient (Wildman–Crippen LogP) is 2.95. The molecule has 1 aromatic carbocycles. The fourth-order valence-corrected chi connectivity index (χ4v) is 2.22. The number of benzene rings is 1. The molecule has 1 fully saturated rings. The molecule has 0 unspecified atom stereocenters. The molecule has 1 aliphatic heterocycles. The van der Waals surface area contributed by atoms with E-state index in [4.69, 9.17) is 9.47 Å². The lowest BCUT2D eigenvalue weighted by Crippen LogP contribution is -2.02. The van der Waals surface area contributed by atoms with Gasteiger partial charge in [0, 0.05) is 9.13 Å². The van der Waals surface area contributed by atoms with Gasteiger partial charge in [0.05, 0.1) is 13.2 Å². The van der Waals surface area contributed by atoms with Crippen molar-refractivity contribution in [2.45, 2.75) is 20.1 Å². The van der Waals surface area contributed by atoms with Gasteiger partial charge in [0.2, 0.25) is 0 Å². The Labute approximate surface area is 97.7 Å². The van der Waals surface area contributed by atoms with Gasteiger partial charge in [-0.05, 0) is 59.7 Å². The van der Waals surface area contributed by atoms with Gasteiger partial charge < -0.3 is 9.47 Å². The first-order valence-corrected chi connectivity index (χ1v) is 5.76. The second-order valence-electron chi connectivity index (χ2n) is 3.53. The van der Waals surface area contributed by atoms with Crippen molar-refractivity contribution in [3.8, 4) is 0 Å². The van der Waals surface area contributed by atoms with Gasteiger partial charge in [-0.3, -0.25) is 0 Å². The zero-order chi connectivity index (χ0) is 10.1. The Bertz CT molecular complexity index is 343. The van der Waals surface area contributed by atoms with E-state index in [0.717, 1.165) is 0 Å². The first-order chi connectivity index (χ1) is 6.68. The standard InChI is InChI=1S/C11H13IO2/c1-7-6-10(12)8(2)5-9(7)11-13-3-4-14-11/h5-6,11H,3-4H2,1-2H3. The molecule has 76 valence electrons. The number of halogens is 1. The molecule has 2 nitrogen and oxygen atoms in total. The highest BCUT2D eigenvalue weighted by Crippen LogP contribution is 2.28. The van der Waals surface area contributed by atoms with Crippen LogP contribution in [0.3, 0.4) is 0 Å². The van der Waals surface area contributed by atoms with E-state index in [1.807, 2.05) is 0 Å². The number of hydrogen-bond acceptors (Lipinski definition) is 2. The van der Waals surface area contributed by atoms with Gasteiger partial charge in [-0.1, -0.05) is 0 Å². The summed E-state index contributed by atoms with van der Waals surface area (Å²) in [6, 6.07) is 4.34. The fourth-order valence-electron chi connectivity index (χ4n) is 1.60. The average Bonchev–Trinajstić information content (AvgIpc) is 2.64. The maximum absolute atomic E-state index is 5.49. The molecule has 1 saturated heterocycles. The molecule has 0 N–H and O–H groups in total. The third kappa shape index (κ3) is 1.94. The van der Waals surface area contributed by atoms with Crippen LogP contribution in [0, 0.1) is 17.4 Å². The first kappa shape index (κ1) is 10.4. The topological polar surface area (TPSA) is 18.5 Å². The molecule has 2 rings (SSSR count). The molecule has 0 aromatic heterocycles. The minimum absolute atomic E-state index is 0.148. The van der Waals surface area contributed by atoms with E-state index in [9.17, 15) is 0 Å². The Morgan fingerprint density at radius 2 is 1.79 bits per heavy atom. The van der Waals surface area contributed by atoms with Gasteiger partial charge in [-0.15, -0.1) is 0 Å². The monoisotopic (exact) mass is 304 g/mol. The van der Waals surface area contributed by atoms with Crippen molar-refractivity contribution in [3.05, 3.63) is 32.4 Å². The van der Waals surface area contributed by atoms with Crippen LogP contribution in [0.15, 0.2) is 12.1 Å². The molecule has 3 heteroatoms. The van der Waals surface area contributed by atoms with Crippen LogP contribution in [0.1, 0.15) is 23.0 Å². The molecule has 0 bridgehead atoms. The largest absolute Gasteiger partial charge is 0.346 e. The minimum Gasteiger partial charge on any atom is -0.346 e. The number of ether oxygens (including phenoxy) is 2. The van der Waals surface area contributed by atoms with Crippen LogP contribution in [0.2, 0.25) is 0 Å². The molecule has 1 aliphatic rings. The molecule has 0 aliphatic carbocycles. The van der Waals surface area contributed by atoms with Gasteiger partial charge in [-0.2, -0.15) is 0 Å². The summed E-state index contributed by atoms with van der Waals surface area (Å²) < 4.78 is 12.3. The van der Waals surface area contributed by atoms with Gasteiger partial charge in [-0.25, -0.2) is 0 Å². The molecule has 0 spiro atoms. The van der Waals surface area contributed by atoms with Gasteiger partial charge in [0.25, 0.3) is 0 Å². The summed E-state index contributed by atoms with van der Waals surface area (Å²) in [6.45, 7) is 5.62. The Morgan fingerprint density at radius 1 is 1.14 bits per heavy atom. The molecular formula is C11H13IO2. The van der Waals surface area contributed by atoms with Crippen LogP contribution in [-0.4, -0.2) is 13.2 Å². The van der Waals surface area contributed by atoms with Gasteiger partial charge in [0.15, 0.2) is 6.29 Å². The SMILES string of the molecule is Cc1cc(C2OCCO2)c(C)cc1I. The van der Waals surface area contributed by atoms with Crippen molar-refractivity contribution in [2.24, 2.45) is 0 Å². The van der Waals surface area contributed by atoms with E-state index in [0.29, 0.717) is 13.2 Å². The summed E-state index contributed by atoms with van der Waals surface area (Å²) in [4.78, 5) is 0. The summed E-state index contributed by atoms with van der Waals surface area (Å²) in [5.74, 6) is 0. The Kier molecular flexibility index (Phi) is 3.09. The Balaban J connectivity index is 2.37. The van der Waals surface area contributed by atoms with E-state index in [1.165, 1.54) is 20.3 Å². The van der Waals surface area contributed by atoms with Crippen LogP contribution in [0.25, 0.3) is 0 Å². The van der Waals surface area contributed by atoms with Crippen LogP contribution < -0.4 is 0 Å². The maximum Gasteiger partial charge on any atom is 0.184 e. The van der Waals surface area contributed by atoms with Crippen LogP contribution in [-0.2, 0) is 9.47 Å². The zero-order valence-electron chi connectivity index (χ0n) is 8.34. The summed E-state index contributed by atoms with van der Waals surface area (Å²) in [7, 11) is 0. The molecule has 1 aromatic rings. The molecule has 0 radical (unpaired) electrons. The number of aryl methyl sites for hydroxylation is 2. The van der Waals surface area contributed by atoms with Crippen molar-refractivity contribution in [1.82, 2.24) is 0 Å². The van der Waals surface area contributed by atoms with E-state index in [-0.39, 0.29) is 6.29 Å². The summed E-state index contributed by atoms with van der Waals surface area (Å²) >= 11 is 2.35. The first-order valence-electron chi connectivity index (χ1n) is 4.68. The molecule has 0 saturated carbocycles. The molecule has 0 atom stereocenters. The van der Waals surface area contributed by atoms with E-state index in [2.05, 4.69) is 48.6 Å². The highest BCUT2D eigenvalue weighted by molar-refractivity contribution is 14.1. The molecule has 0 amide bonds. The number of hydrogen-bond donors (Lipinski definition) is 0. The lowest BCUT2D eigenvalue weighted by Gasteiger charge is -2.14.